The van der Waals surface area contributed by atoms with Crippen molar-refractivity contribution in [2.45, 2.75) is 31.6 Å². The number of rotatable bonds is 2. The van der Waals surface area contributed by atoms with Crippen LogP contribution in [0.15, 0.2) is 11.6 Å². The van der Waals surface area contributed by atoms with Gasteiger partial charge in [0.2, 0.25) is 0 Å². The SMILES string of the molecule is O=C(O)C(F)(F)F.O=C(O)C(F)(F)F.c1csc(CC2CCNCC2)n1. The average molecular weight is 410 g/mol. The standard InChI is InChI=1S/C9H14N2S.2C2HF3O2/c1-3-10-4-2-8(1)7-9-11-5-6-12-9;2*3-2(4,5)1(6)7/h5-6,8,10H,1-4,7H2;2*(H,6,7). The second-order valence-corrected chi connectivity index (χ2v) is 5.91. The summed E-state index contributed by atoms with van der Waals surface area (Å²) in [7, 11) is 0. The maximum Gasteiger partial charge on any atom is 0.490 e. The van der Waals surface area contributed by atoms with Crippen molar-refractivity contribution in [2.24, 2.45) is 5.92 Å². The van der Waals surface area contributed by atoms with Crippen LogP contribution in [0.25, 0.3) is 0 Å². The summed E-state index contributed by atoms with van der Waals surface area (Å²) in [6.45, 7) is 2.38. The summed E-state index contributed by atoms with van der Waals surface area (Å²) in [6.07, 6.45) is -4.43. The fraction of sp³-hybridized carbons (Fsp3) is 0.615. The summed E-state index contributed by atoms with van der Waals surface area (Å²) in [5, 5.41) is 21.0. The molecule has 0 amide bonds. The molecule has 0 atom stereocenters. The first kappa shape index (κ1) is 24.1. The minimum Gasteiger partial charge on any atom is -0.475 e. The maximum atomic E-state index is 10.6. The Morgan fingerprint density at radius 2 is 1.50 bits per heavy atom. The van der Waals surface area contributed by atoms with Crippen molar-refractivity contribution in [3.05, 3.63) is 16.6 Å². The molecule has 1 aromatic heterocycles. The van der Waals surface area contributed by atoms with Gasteiger partial charge in [-0.25, -0.2) is 14.6 Å². The normalized spacial score (nSPS) is 15.2. The van der Waals surface area contributed by atoms with Crippen molar-refractivity contribution < 1.29 is 46.1 Å². The quantitative estimate of drug-likeness (QED) is 0.649. The van der Waals surface area contributed by atoms with Crippen molar-refractivity contribution in [1.82, 2.24) is 10.3 Å². The number of carboxylic acids is 2. The molecular formula is C13H16F6N2O4S. The third-order valence-electron chi connectivity index (χ3n) is 2.89. The van der Waals surface area contributed by atoms with Gasteiger partial charge in [-0.15, -0.1) is 11.3 Å². The number of aromatic nitrogens is 1. The molecule has 2 heterocycles. The number of carbonyl (C=O) groups is 2. The van der Waals surface area contributed by atoms with E-state index in [0.29, 0.717) is 0 Å². The Balaban J connectivity index is 0.000000390. The lowest BCUT2D eigenvalue weighted by Crippen LogP contribution is -2.28. The zero-order valence-corrected chi connectivity index (χ0v) is 13.9. The Bertz CT molecular complexity index is 518. The second kappa shape index (κ2) is 11.0. The van der Waals surface area contributed by atoms with Gasteiger partial charge < -0.3 is 15.5 Å². The van der Waals surface area contributed by atoms with Gasteiger partial charge in [0.15, 0.2) is 0 Å². The van der Waals surface area contributed by atoms with E-state index in [1.807, 2.05) is 6.20 Å². The minimum atomic E-state index is -5.08. The highest BCUT2D eigenvalue weighted by atomic mass is 32.1. The summed E-state index contributed by atoms with van der Waals surface area (Å²) in [4.78, 5) is 22.1. The zero-order chi connectivity index (χ0) is 20.4. The molecule has 3 N–H and O–H groups in total. The van der Waals surface area contributed by atoms with E-state index >= 15 is 0 Å². The van der Waals surface area contributed by atoms with Crippen molar-refractivity contribution in [3.63, 3.8) is 0 Å². The fourth-order valence-electron chi connectivity index (χ4n) is 1.69. The van der Waals surface area contributed by atoms with E-state index in [-0.39, 0.29) is 0 Å². The zero-order valence-electron chi connectivity index (χ0n) is 13.1. The minimum absolute atomic E-state index is 0.873. The molecule has 2 rings (SSSR count). The summed E-state index contributed by atoms with van der Waals surface area (Å²) in [5.41, 5.74) is 0. The molecule has 0 spiro atoms. The van der Waals surface area contributed by atoms with E-state index < -0.39 is 24.3 Å². The molecule has 0 unspecified atom stereocenters. The molecule has 0 bridgehead atoms. The van der Waals surface area contributed by atoms with Crippen LogP contribution in [0.3, 0.4) is 0 Å². The Labute approximate surface area is 147 Å². The summed E-state index contributed by atoms with van der Waals surface area (Å²) in [5.74, 6) is -4.64. The highest BCUT2D eigenvalue weighted by Gasteiger charge is 2.38. The number of nitrogens with one attached hydrogen (secondary N) is 1. The third-order valence-corrected chi connectivity index (χ3v) is 3.69. The van der Waals surface area contributed by atoms with Gasteiger partial charge in [0.05, 0.1) is 5.01 Å². The van der Waals surface area contributed by atoms with Crippen molar-refractivity contribution >= 4 is 23.3 Å². The number of nitrogens with zero attached hydrogens (tertiary/aromatic N) is 1. The van der Waals surface area contributed by atoms with Crippen molar-refractivity contribution in [2.75, 3.05) is 13.1 Å². The molecule has 0 radical (unpaired) electrons. The van der Waals surface area contributed by atoms with Gasteiger partial charge in [0.1, 0.15) is 0 Å². The average Bonchev–Trinajstić information content (AvgIpc) is 3.00. The predicted octanol–water partition coefficient (Wildman–Crippen LogP) is 2.95. The highest BCUT2D eigenvalue weighted by molar-refractivity contribution is 7.09. The molecule has 1 aromatic rings. The van der Waals surface area contributed by atoms with Crippen LogP contribution in [0.4, 0.5) is 26.3 Å². The van der Waals surface area contributed by atoms with Gasteiger partial charge >= 0.3 is 24.3 Å². The van der Waals surface area contributed by atoms with E-state index in [4.69, 9.17) is 19.8 Å². The summed E-state index contributed by atoms with van der Waals surface area (Å²) in [6, 6.07) is 0. The Morgan fingerprint density at radius 1 is 1.08 bits per heavy atom. The first-order chi connectivity index (χ1) is 11.8. The Morgan fingerprint density at radius 3 is 1.81 bits per heavy atom. The van der Waals surface area contributed by atoms with Crippen LogP contribution in [0, 0.1) is 5.92 Å². The molecule has 13 heteroatoms. The van der Waals surface area contributed by atoms with Crippen LogP contribution >= 0.6 is 11.3 Å². The number of aliphatic carboxylic acids is 2. The highest BCUT2D eigenvalue weighted by Crippen LogP contribution is 2.18. The van der Waals surface area contributed by atoms with Gasteiger partial charge in [-0.05, 0) is 31.8 Å². The van der Waals surface area contributed by atoms with Crippen LogP contribution in [0.2, 0.25) is 0 Å². The van der Waals surface area contributed by atoms with E-state index in [1.165, 1.54) is 37.4 Å². The van der Waals surface area contributed by atoms with E-state index in [9.17, 15) is 26.3 Å². The summed E-state index contributed by atoms with van der Waals surface area (Å²) < 4.78 is 63.5. The van der Waals surface area contributed by atoms with Crippen LogP contribution in [-0.2, 0) is 16.0 Å². The molecule has 1 saturated heterocycles. The number of hydrogen-bond donors (Lipinski definition) is 3. The molecule has 1 aliphatic rings. The number of hydrogen-bond acceptors (Lipinski definition) is 5. The number of carboxylic acid groups (broad SMARTS) is 2. The number of thiazole rings is 1. The fourth-order valence-corrected chi connectivity index (χ4v) is 2.42. The van der Waals surface area contributed by atoms with Crippen LogP contribution in [0.5, 0.6) is 0 Å². The lowest BCUT2D eigenvalue weighted by molar-refractivity contribution is -0.193. The molecule has 6 nitrogen and oxygen atoms in total. The number of piperidine rings is 1. The van der Waals surface area contributed by atoms with E-state index in [1.54, 1.807) is 11.3 Å². The maximum absolute atomic E-state index is 10.6. The van der Waals surface area contributed by atoms with Crippen molar-refractivity contribution in [3.8, 4) is 0 Å². The van der Waals surface area contributed by atoms with Crippen LogP contribution < -0.4 is 5.32 Å². The smallest absolute Gasteiger partial charge is 0.475 e. The molecule has 150 valence electrons. The predicted molar refractivity (Wildman–Crippen MR) is 78.8 cm³/mol. The summed E-state index contributed by atoms with van der Waals surface area (Å²) >= 11 is 1.79. The Hall–Kier alpha value is -1.89. The first-order valence-corrected chi connectivity index (χ1v) is 7.91. The van der Waals surface area contributed by atoms with Crippen molar-refractivity contribution in [1.29, 1.82) is 0 Å². The van der Waals surface area contributed by atoms with E-state index in [0.717, 1.165) is 5.92 Å². The van der Waals surface area contributed by atoms with Gasteiger partial charge in [-0.3, -0.25) is 0 Å². The van der Waals surface area contributed by atoms with Gasteiger partial charge in [0, 0.05) is 18.0 Å². The van der Waals surface area contributed by atoms with Crippen LogP contribution in [-0.4, -0.2) is 52.6 Å². The lowest BCUT2D eigenvalue weighted by atomic mass is 9.95. The van der Waals surface area contributed by atoms with Crippen LogP contribution in [0.1, 0.15) is 17.8 Å². The van der Waals surface area contributed by atoms with E-state index in [2.05, 4.69) is 15.7 Å². The van der Waals surface area contributed by atoms with Gasteiger partial charge in [-0.2, -0.15) is 26.3 Å². The first-order valence-electron chi connectivity index (χ1n) is 7.03. The molecule has 1 fully saturated rings. The Kier molecular flexibility index (Phi) is 10.2. The molecule has 26 heavy (non-hydrogen) atoms. The van der Waals surface area contributed by atoms with Gasteiger partial charge in [0.25, 0.3) is 0 Å². The third kappa shape index (κ3) is 11.6. The topological polar surface area (TPSA) is 99.5 Å². The molecule has 1 aliphatic heterocycles. The lowest BCUT2D eigenvalue weighted by Gasteiger charge is -2.21. The molecule has 0 aliphatic carbocycles. The van der Waals surface area contributed by atoms with Gasteiger partial charge in [-0.1, -0.05) is 0 Å². The second-order valence-electron chi connectivity index (χ2n) is 4.93. The monoisotopic (exact) mass is 410 g/mol. The molecule has 0 aromatic carbocycles. The molecule has 0 saturated carbocycles. The largest absolute Gasteiger partial charge is 0.490 e. The number of alkyl halides is 6. The number of halogens is 6. The molecular weight excluding hydrogens is 394 g/mol.